The quantitative estimate of drug-likeness (QED) is 0.533. The Morgan fingerprint density at radius 1 is 1.88 bits per heavy atom. The number of hydrogen-bond acceptors (Lipinski definition) is 3. The topological polar surface area (TPSA) is 49.8 Å². The van der Waals surface area contributed by atoms with Crippen molar-refractivity contribution in [1.82, 2.24) is 5.16 Å². The molecule has 0 aliphatic carbocycles. The van der Waals surface area contributed by atoms with Crippen LogP contribution in [0.3, 0.4) is 0 Å². The molecule has 0 spiro atoms. The first-order valence-corrected chi connectivity index (χ1v) is 2.18. The molecule has 3 heteroatoms. The van der Waals surface area contributed by atoms with E-state index in [0.717, 1.165) is 5.56 Å². The summed E-state index contributed by atoms with van der Waals surface area (Å²) >= 11 is 0. The van der Waals surface area contributed by atoms with Gasteiger partial charge in [0.05, 0.1) is 18.7 Å². The lowest BCUT2D eigenvalue weighted by atomic mass is 10.3. The molecule has 8 heavy (non-hydrogen) atoms. The number of hydrogen-bond donors (Lipinski definition) is 0. The smallest absolute Gasteiger partial charge is 0.128 e. The average Bonchev–Trinajstić information content (AvgIpc) is 2.19. The fourth-order valence-electron chi connectivity index (χ4n) is 0.405. The molecule has 0 aromatic carbocycles. The Bertz CT molecular complexity index is 185. The third-order valence-corrected chi connectivity index (χ3v) is 0.767. The molecular formula is C5H4N2O. The summed E-state index contributed by atoms with van der Waals surface area (Å²) in [6.45, 7) is 0. The molecule has 1 aromatic rings. The highest BCUT2D eigenvalue weighted by Crippen LogP contribution is 1.94. The van der Waals surface area contributed by atoms with E-state index in [9.17, 15) is 0 Å². The number of rotatable bonds is 1. The average molecular weight is 108 g/mol. The summed E-state index contributed by atoms with van der Waals surface area (Å²) in [7, 11) is 0. The van der Waals surface area contributed by atoms with E-state index in [-0.39, 0.29) is 0 Å². The molecule has 1 aromatic heterocycles. The summed E-state index contributed by atoms with van der Waals surface area (Å²) in [6.07, 6.45) is 3.37. The van der Waals surface area contributed by atoms with Gasteiger partial charge in [-0.3, -0.25) is 0 Å². The molecular weight excluding hydrogens is 104 g/mol. The lowest BCUT2D eigenvalue weighted by Gasteiger charge is -1.72. The van der Waals surface area contributed by atoms with E-state index in [1.165, 1.54) is 12.5 Å². The van der Waals surface area contributed by atoms with Crippen LogP contribution in [-0.2, 0) is 6.42 Å². The van der Waals surface area contributed by atoms with Gasteiger partial charge in [0.2, 0.25) is 0 Å². The second-order valence-electron chi connectivity index (χ2n) is 1.37. The van der Waals surface area contributed by atoms with E-state index in [1.807, 2.05) is 6.07 Å². The molecule has 1 heterocycles. The summed E-state index contributed by atoms with van der Waals surface area (Å²) in [4.78, 5) is 0. The van der Waals surface area contributed by atoms with Gasteiger partial charge >= 0.3 is 0 Å². The van der Waals surface area contributed by atoms with E-state index in [2.05, 4.69) is 9.68 Å². The van der Waals surface area contributed by atoms with Crippen LogP contribution < -0.4 is 0 Å². The Hall–Kier alpha value is -1.30. The first kappa shape index (κ1) is 4.85. The molecule has 3 nitrogen and oxygen atoms in total. The van der Waals surface area contributed by atoms with Crippen molar-refractivity contribution in [2.45, 2.75) is 6.42 Å². The molecule has 0 aliphatic rings. The molecule has 0 bridgehead atoms. The number of nitriles is 1. The Balaban J connectivity index is 2.67. The third-order valence-electron chi connectivity index (χ3n) is 0.767. The van der Waals surface area contributed by atoms with Gasteiger partial charge in [0.25, 0.3) is 0 Å². The fourth-order valence-corrected chi connectivity index (χ4v) is 0.405. The van der Waals surface area contributed by atoms with Crippen LogP contribution in [0.15, 0.2) is 17.0 Å². The molecule has 40 valence electrons. The van der Waals surface area contributed by atoms with Gasteiger partial charge in [-0.2, -0.15) is 5.26 Å². The van der Waals surface area contributed by atoms with Gasteiger partial charge in [0.15, 0.2) is 0 Å². The van der Waals surface area contributed by atoms with Crippen LogP contribution in [0.4, 0.5) is 0 Å². The molecule has 0 amide bonds. The normalized spacial score (nSPS) is 8.38. The van der Waals surface area contributed by atoms with Crippen LogP contribution in [0.2, 0.25) is 0 Å². The first-order chi connectivity index (χ1) is 3.93. The van der Waals surface area contributed by atoms with Crippen molar-refractivity contribution < 1.29 is 4.52 Å². The maximum atomic E-state index is 8.12. The summed E-state index contributed by atoms with van der Waals surface area (Å²) in [5, 5.41) is 11.5. The van der Waals surface area contributed by atoms with Gasteiger partial charge in [-0.05, 0) is 0 Å². The Morgan fingerprint density at radius 3 is 3.25 bits per heavy atom. The minimum Gasteiger partial charge on any atom is -0.364 e. The maximum Gasteiger partial charge on any atom is 0.128 e. The van der Waals surface area contributed by atoms with Crippen LogP contribution in [0.1, 0.15) is 5.56 Å². The second kappa shape index (κ2) is 2.12. The van der Waals surface area contributed by atoms with Gasteiger partial charge in [0.1, 0.15) is 6.26 Å². The van der Waals surface area contributed by atoms with Crippen LogP contribution >= 0.6 is 0 Å². The zero-order valence-electron chi connectivity index (χ0n) is 4.16. The van der Waals surface area contributed by atoms with Crippen molar-refractivity contribution >= 4 is 0 Å². The monoisotopic (exact) mass is 108 g/mol. The predicted molar refractivity (Wildman–Crippen MR) is 25.8 cm³/mol. The van der Waals surface area contributed by atoms with Crippen molar-refractivity contribution in [2.24, 2.45) is 0 Å². The predicted octanol–water partition coefficient (Wildman–Crippen LogP) is 0.741. The second-order valence-corrected chi connectivity index (χ2v) is 1.37. The van der Waals surface area contributed by atoms with Crippen molar-refractivity contribution in [3.05, 3.63) is 18.0 Å². The van der Waals surface area contributed by atoms with Crippen molar-refractivity contribution in [3.8, 4) is 6.07 Å². The lowest BCUT2D eigenvalue weighted by Crippen LogP contribution is -1.71. The molecule has 0 aliphatic heterocycles. The zero-order chi connectivity index (χ0) is 5.82. The molecule has 0 saturated carbocycles. The Morgan fingerprint density at radius 2 is 2.75 bits per heavy atom. The van der Waals surface area contributed by atoms with E-state index < -0.39 is 0 Å². The molecule has 0 atom stereocenters. The van der Waals surface area contributed by atoms with Crippen molar-refractivity contribution in [3.63, 3.8) is 0 Å². The summed E-state index contributed by atoms with van der Waals surface area (Å²) in [6, 6.07) is 1.97. The molecule has 0 N–H and O–H groups in total. The van der Waals surface area contributed by atoms with Crippen molar-refractivity contribution in [1.29, 1.82) is 5.26 Å². The largest absolute Gasteiger partial charge is 0.364 e. The van der Waals surface area contributed by atoms with E-state index in [0.29, 0.717) is 6.42 Å². The maximum absolute atomic E-state index is 8.12. The van der Waals surface area contributed by atoms with E-state index >= 15 is 0 Å². The fraction of sp³-hybridized carbons (Fsp3) is 0.200. The molecule has 1 rings (SSSR count). The number of nitrogens with zero attached hydrogens (tertiary/aromatic N) is 2. The van der Waals surface area contributed by atoms with Crippen LogP contribution in [0.5, 0.6) is 0 Å². The highest BCUT2D eigenvalue weighted by molar-refractivity contribution is 5.06. The summed E-state index contributed by atoms with van der Waals surface area (Å²) in [5.74, 6) is 0. The Kier molecular flexibility index (Phi) is 1.29. The van der Waals surface area contributed by atoms with Gasteiger partial charge in [0, 0.05) is 5.56 Å². The van der Waals surface area contributed by atoms with Gasteiger partial charge in [-0.1, -0.05) is 5.16 Å². The van der Waals surface area contributed by atoms with Gasteiger partial charge in [-0.25, -0.2) is 0 Å². The minimum atomic E-state index is 0.378. The van der Waals surface area contributed by atoms with E-state index in [4.69, 9.17) is 5.26 Å². The van der Waals surface area contributed by atoms with Crippen LogP contribution in [-0.4, -0.2) is 5.16 Å². The van der Waals surface area contributed by atoms with Gasteiger partial charge < -0.3 is 4.52 Å². The molecule has 0 saturated heterocycles. The standard InChI is InChI=1S/C5H4N2O/c6-2-1-5-3-7-8-4-5/h3-4H,1H2. The molecule has 0 radical (unpaired) electrons. The summed E-state index contributed by atoms with van der Waals surface area (Å²) < 4.78 is 4.47. The number of aromatic nitrogens is 1. The SMILES string of the molecule is N#CCc1cnoc1. The molecule has 0 unspecified atom stereocenters. The zero-order valence-corrected chi connectivity index (χ0v) is 4.16. The first-order valence-electron chi connectivity index (χ1n) is 2.18. The highest BCUT2D eigenvalue weighted by atomic mass is 16.5. The Labute approximate surface area is 46.5 Å². The van der Waals surface area contributed by atoms with Crippen LogP contribution in [0, 0.1) is 11.3 Å². The van der Waals surface area contributed by atoms with E-state index in [1.54, 1.807) is 0 Å². The third kappa shape index (κ3) is 0.850. The van der Waals surface area contributed by atoms with Gasteiger partial charge in [-0.15, -0.1) is 0 Å². The minimum absolute atomic E-state index is 0.378. The van der Waals surface area contributed by atoms with Crippen LogP contribution in [0.25, 0.3) is 0 Å². The molecule has 0 fully saturated rings. The summed E-state index contributed by atoms with van der Waals surface area (Å²) in [5.41, 5.74) is 0.826. The lowest BCUT2D eigenvalue weighted by molar-refractivity contribution is 0.419. The highest BCUT2D eigenvalue weighted by Gasteiger charge is 1.89. The van der Waals surface area contributed by atoms with Crippen molar-refractivity contribution in [2.75, 3.05) is 0 Å².